The van der Waals surface area contributed by atoms with Crippen LogP contribution in [0, 0.1) is 0 Å². The highest BCUT2D eigenvalue weighted by atomic mass is 32.1. The van der Waals surface area contributed by atoms with E-state index >= 15 is 0 Å². The maximum atomic E-state index is 11.8. The average molecular weight is 269 g/mol. The molecule has 1 aliphatic rings. The summed E-state index contributed by atoms with van der Waals surface area (Å²) in [4.78, 5) is 14.0. The average Bonchev–Trinajstić information content (AvgIpc) is 3.00. The molecule has 100 valence electrons. The van der Waals surface area contributed by atoms with Crippen LogP contribution in [0.3, 0.4) is 0 Å². The molecule has 1 aromatic rings. The number of methoxy groups -OCH3 is 1. The van der Waals surface area contributed by atoms with Crippen molar-refractivity contribution in [3.63, 3.8) is 0 Å². The van der Waals surface area contributed by atoms with Crippen LogP contribution >= 0.6 is 11.5 Å². The van der Waals surface area contributed by atoms with E-state index in [9.17, 15) is 4.79 Å². The van der Waals surface area contributed by atoms with Crippen LogP contribution < -0.4 is 10.6 Å². The zero-order valence-corrected chi connectivity index (χ0v) is 11.6. The topological polar surface area (TPSA) is 68.5 Å². The summed E-state index contributed by atoms with van der Waals surface area (Å²) in [7, 11) is 1.37. The number of nitrogen functional groups attached to an aromatic ring is 1. The Morgan fingerprint density at radius 1 is 1.56 bits per heavy atom. The largest absolute Gasteiger partial charge is 0.465 e. The summed E-state index contributed by atoms with van der Waals surface area (Å²) in [6, 6.07) is 0.498. The Hall–Kier alpha value is -1.30. The Kier molecular flexibility index (Phi) is 4.06. The first-order chi connectivity index (χ1) is 8.69. The molecular weight excluding hydrogens is 250 g/mol. The molecule has 1 aliphatic carbocycles. The summed E-state index contributed by atoms with van der Waals surface area (Å²) in [5, 5.41) is 0.855. The van der Waals surface area contributed by atoms with E-state index in [-0.39, 0.29) is 5.82 Å². The minimum Gasteiger partial charge on any atom is -0.465 e. The lowest BCUT2D eigenvalue weighted by Crippen LogP contribution is -2.33. The summed E-state index contributed by atoms with van der Waals surface area (Å²) in [5.41, 5.74) is 6.21. The van der Waals surface area contributed by atoms with Gasteiger partial charge in [0.15, 0.2) is 5.82 Å². The van der Waals surface area contributed by atoms with Crippen molar-refractivity contribution < 1.29 is 9.53 Å². The van der Waals surface area contributed by atoms with Gasteiger partial charge in [-0.25, -0.2) is 4.79 Å². The maximum Gasteiger partial charge on any atom is 0.344 e. The molecule has 2 N–H and O–H groups in total. The van der Waals surface area contributed by atoms with Crippen LogP contribution in [0.25, 0.3) is 0 Å². The summed E-state index contributed by atoms with van der Waals surface area (Å²) in [5.74, 6) is -0.119. The van der Waals surface area contributed by atoms with Gasteiger partial charge in [0.05, 0.1) is 7.11 Å². The van der Waals surface area contributed by atoms with Crippen molar-refractivity contribution in [2.45, 2.75) is 38.6 Å². The molecule has 1 fully saturated rings. The molecule has 18 heavy (non-hydrogen) atoms. The van der Waals surface area contributed by atoms with E-state index in [1.54, 1.807) is 0 Å². The van der Waals surface area contributed by atoms with Crippen LogP contribution in [-0.4, -0.2) is 30.0 Å². The molecule has 1 heterocycles. The third kappa shape index (κ3) is 2.29. The fourth-order valence-electron chi connectivity index (χ4n) is 2.57. The van der Waals surface area contributed by atoms with Crippen LogP contribution in [0.5, 0.6) is 0 Å². The van der Waals surface area contributed by atoms with Gasteiger partial charge in [0.1, 0.15) is 10.6 Å². The lowest BCUT2D eigenvalue weighted by atomic mass is 10.2. The van der Waals surface area contributed by atoms with Gasteiger partial charge in [-0.05, 0) is 31.3 Å². The summed E-state index contributed by atoms with van der Waals surface area (Å²) < 4.78 is 8.90. The minimum absolute atomic E-state index is 0.276. The first-order valence-electron chi connectivity index (χ1n) is 6.29. The number of esters is 1. The lowest BCUT2D eigenvalue weighted by Gasteiger charge is -2.28. The van der Waals surface area contributed by atoms with Crippen molar-refractivity contribution in [2.24, 2.45) is 0 Å². The Morgan fingerprint density at radius 3 is 2.78 bits per heavy atom. The van der Waals surface area contributed by atoms with E-state index in [2.05, 4.69) is 16.2 Å². The molecule has 0 bridgehead atoms. The van der Waals surface area contributed by atoms with Gasteiger partial charge < -0.3 is 15.4 Å². The molecule has 0 saturated heterocycles. The van der Waals surface area contributed by atoms with E-state index in [0.717, 1.165) is 11.5 Å². The van der Waals surface area contributed by atoms with Crippen molar-refractivity contribution in [3.05, 3.63) is 5.56 Å². The van der Waals surface area contributed by atoms with Crippen molar-refractivity contribution in [2.75, 3.05) is 24.3 Å². The monoisotopic (exact) mass is 269 g/mol. The van der Waals surface area contributed by atoms with E-state index in [1.807, 2.05) is 0 Å². The highest BCUT2D eigenvalue weighted by Gasteiger charge is 2.29. The molecule has 0 unspecified atom stereocenters. The first-order valence-corrected chi connectivity index (χ1v) is 7.06. The number of nitrogens with two attached hydrogens (primary N) is 1. The fourth-order valence-corrected chi connectivity index (χ4v) is 3.51. The lowest BCUT2D eigenvalue weighted by molar-refractivity contribution is 0.0603. The molecule has 1 aromatic heterocycles. The highest BCUT2D eigenvalue weighted by molar-refractivity contribution is 7.11. The molecule has 2 rings (SSSR count). The number of nitrogens with zero attached hydrogens (tertiary/aromatic N) is 2. The minimum atomic E-state index is -0.396. The number of aromatic nitrogens is 1. The molecule has 0 aromatic carbocycles. The number of rotatable bonds is 4. The third-order valence-corrected chi connectivity index (χ3v) is 4.36. The Labute approximate surface area is 111 Å². The van der Waals surface area contributed by atoms with E-state index in [1.165, 1.54) is 44.3 Å². The van der Waals surface area contributed by atoms with Crippen molar-refractivity contribution in [1.29, 1.82) is 0 Å². The normalized spacial score (nSPS) is 15.9. The molecule has 6 heteroatoms. The highest BCUT2D eigenvalue weighted by Crippen LogP contribution is 2.36. The smallest absolute Gasteiger partial charge is 0.344 e. The Morgan fingerprint density at radius 2 is 2.22 bits per heavy atom. The van der Waals surface area contributed by atoms with Gasteiger partial charge in [-0.3, -0.25) is 0 Å². The van der Waals surface area contributed by atoms with Crippen LogP contribution in [0.2, 0.25) is 0 Å². The van der Waals surface area contributed by atoms with Gasteiger partial charge in [-0.1, -0.05) is 12.8 Å². The van der Waals surface area contributed by atoms with Crippen LogP contribution in [0.4, 0.5) is 10.8 Å². The van der Waals surface area contributed by atoms with E-state index in [4.69, 9.17) is 10.5 Å². The molecule has 0 radical (unpaired) electrons. The van der Waals surface area contributed by atoms with Crippen LogP contribution in [-0.2, 0) is 4.74 Å². The zero-order valence-electron chi connectivity index (χ0n) is 10.8. The van der Waals surface area contributed by atoms with Gasteiger partial charge in [0.2, 0.25) is 0 Å². The van der Waals surface area contributed by atoms with Gasteiger partial charge in [0, 0.05) is 12.6 Å². The zero-order chi connectivity index (χ0) is 13.1. The quantitative estimate of drug-likeness (QED) is 0.849. The number of hydrogen-bond acceptors (Lipinski definition) is 6. The summed E-state index contributed by atoms with van der Waals surface area (Å²) in [6.07, 6.45) is 4.85. The Balaban J connectivity index is 2.33. The number of hydrogen-bond donors (Lipinski definition) is 1. The fraction of sp³-hybridized carbons (Fsp3) is 0.667. The standard InChI is InChI=1S/C12H19N3O2S/c1-3-15(8-6-4-5-7-8)11-9(12(16)17-2)10(13)14-18-11/h8H,3-7H2,1-2H3,(H2,13,14). The second kappa shape index (κ2) is 5.56. The second-order valence-electron chi connectivity index (χ2n) is 4.46. The molecule has 0 atom stereocenters. The Bertz CT molecular complexity index is 427. The van der Waals surface area contributed by atoms with Crippen LogP contribution in [0.1, 0.15) is 43.0 Å². The maximum absolute atomic E-state index is 11.8. The summed E-state index contributed by atoms with van der Waals surface area (Å²) in [6.45, 7) is 2.95. The molecule has 0 spiro atoms. The molecule has 5 nitrogen and oxygen atoms in total. The van der Waals surface area contributed by atoms with Crippen molar-refractivity contribution in [1.82, 2.24) is 4.37 Å². The first kappa shape index (κ1) is 13.1. The number of carbonyl (C=O) groups excluding carboxylic acids is 1. The number of ether oxygens (including phenoxy) is 1. The predicted molar refractivity (Wildman–Crippen MR) is 73.1 cm³/mol. The summed E-state index contributed by atoms with van der Waals surface area (Å²) >= 11 is 1.29. The van der Waals surface area contributed by atoms with Crippen LogP contribution in [0.15, 0.2) is 0 Å². The van der Waals surface area contributed by atoms with Gasteiger partial charge >= 0.3 is 5.97 Å². The SMILES string of the molecule is CCN(c1snc(N)c1C(=O)OC)C1CCCC1. The molecule has 0 aliphatic heterocycles. The number of carbonyl (C=O) groups is 1. The predicted octanol–water partition coefficient (Wildman–Crippen LogP) is 2.28. The van der Waals surface area contributed by atoms with Gasteiger partial charge in [-0.2, -0.15) is 4.37 Å². The second-order valence-corrected chi connectivity index (χ2v) is 5.22. The molecule has 0 amide bonds. The third-order valence-electron chi connectivity index (χ3n) is 3.46. The van der Waals surface area contributed by atoms with Crippen molar-refractivity contribution >= 4 is 28.3 Å². The van der Waals surface area contributed by atoms with E-state index < -0.39 is 5.97 Å². The van der Waals surface area contributed by atoms with Crippen molar-refractivity contribution in [3.8, 4) is 0 Å². The molecule has 1 saturated carbocycles. The van der Waals surface area contributed by atoms with E-state index in [0.29, 0.717) is 11.6 Å². The number of anilines is 2. The molecular formula is C12H19N3O2S. The van der Waals surface area contributed by atoms with Gasteiger partial charge in [-0.15, -0.1) is 0 Å². The van der Waals surface area contributed by atoms with Gasteiger partial charge in [0.25, 0.3) is 0 Å².